The predicted octanol–water partition coefficient (Wildman–Crippen LogP) is 10.3. The van der Waals surface area contributed by atoms with Crippen LogP contribution in [0.25, 0.3) is 97.7 Å². The van der Waals surface area contributed by atoms with Gasteiger partial charge in [-0.05, 0) is 97.7 Å². The lowest BCUT2D eigenvalue weighted by molar-refractivity contribution is 1.70. The van der Waals surface area contributed by atoms with Gasteiger partial charge in [0.25, 0.3) is 0 Å². The molecule has 0 heteroatoms. The van der Waals surface area contributed by atoms with Crippen molar-refractivity contribution in [3.05, 3.63) is 109 Å². The Bertz CT molecular complexity index is 2250. The van der Waals surface area contributed by atoms with Gasteiger partial charge in [0.1, 0.15) is 0 Å². The Morgan fingerprint density at radius 3 is 1.08 bits per heavy atom. The van der Waals surface area contributed by atoms with Crippen molar-refractivity contribution in [2.24, 2.45) is 0 Å². The normalized spacial score (nSPS) is 13.0. The van der Waals surface area contributed by atoms with Gasteiger partial charge >= 0.3 is 0 Å². The Hall–Kier alpha value is -4.68. The minimum atomic E-state index is 1.32. The molecular weight excluding hydrogens is 432 g/mol. The Morgan fingerprint density at radius 1 is 0.222 bits per heavy atom. The van der Waals surface area contributed by atoms with Crippen LogP contribution in [0.4, 0.5) is 0 Å². The summed E-state index contributed by atoms with van der Waals surface area (Å²) in [6.45, 7) is 0. The quantitative estimate of drug-likeness (QED) is 0.159. The maximum Gasteiger partial charge on any atom is -0.00139 e. The number of rotatable bonds is 0. The highest BCUT2D eigenvalue weighted by Gasteiger charge is 2.25. The smallest absolute Gasteiger partial charge is 0.00139 e. The van der Waals surface area contributed by atoms with E-state index < -0.39 is 0 Å². The molecule has 0 heterocycles. The second kappa shape index (κ2) is 5.75. The molecule has 0 saturated carbocycles. The fourth-order valence-corrected chi connectivity index (χ4v) is 7.53. The summed E-state index contributed by atoms with van der Waals surface area (Å²) in [7, 11) is 0. The number of fused-ring (bicyclic) bond motifs is 7. The third-order valence-electron chi connectivity index (χ3n) is 8.89. The van der Waals surface area contributed by atoms with Crippen molar-refractivity contribution in [1.29, 1.82) is 0 Å². The summed E-state index contributed by atoms with van der Waals surface area (Å²) in [4.78, 5) is 0. The first-order valence-corrected chi connectivity index (χ1v) is 12.7. The van der Waals surface area contributed by atoms with Gasteiger partial charge in [0.15, 0.2) is 0 Å². The van der Waals surface area contributed by atoms with Gasteiger partial charge in [0.2, 0.25) is 0 Å². The van der Waals surface area contributed by atoms with Crippen molar-refractivity contribution in [1.82, 2.24) is 0 Å². The van der Waals surface area contributed by atoms with Gasteiger partial charge in [-0.3, -0.25) is 0 Å². The SMILES string of the molecule is c1ccc2c(c1)-c1ccc3c4ccc5c6cccc7cccc(c8ccc(c9ccc-2c1c39)c4c58)c76. The second-order valence-electron chi connectivity index (χ2n) is 10.4. The van der Waals surface area contributed by atoms with Crippen LogP contribution in [0.3, 0.4) is 0 Å². The first-order valence-electron chi connectivity index (χ1n) is 12.7. The molecule has 9 aromatic rings. The number of benzene rings is 9. The molecule has 36 heavy (non-hydrogen) atoms. The van der Waals surface area contributed by atoms with E-state index in [9.17, 15) is 0 Å². The lowest BCUT2D eigenvalue weighted by Gasteiger charge is -2.19. The molecule has 10 rings (SSSR count). The third kappa shape index (κ3) is 1.80. The number of hydrogen-bond acceptors (Lipinski definition) is 0. The second-order valence-corrected chi connectivity index (χ2v) is 10.4. The fraction of sp³-hybridized carbons (Fsp3) is 0. The molecule has 0 saturated heterocycles. The first-order chi connectivity index (χ1) is 17.9. The van der Waals surface area contributed by atoms with Gasteiger partial charge < -0.3 is 0 Å². The average Bonchev–Trinajstić information content (AvgIpc) is 3.27. The summed E-state index contributed by atoms with van der Waals surface area (Å²) in [6, 6.07) is 41.3. The fourth-order valence-electron chi connectivity index (χ4n) is 7.53. The van der Waals surface area contributed by atoms with Crippen LogP contribution in [-0.4, -0.2) is 0 Å². The lowest BCUT2D eigenvalue weighted by atomic mass is 9.83. The van der Waals surface area contributed by atoms with Crippen LogP contribution in [0.1, 0.15) is 0 Å². The monoisotopic (exact) mass is 450 g/mol. The van der Waals surface area contributed by atoms with E-state index >= 15 is 0 Å². The van der Waals surface area contributed by atoms with E-state index in [-0.39, 0.29) is 0 Å². The lowest BCUT2D eigenvalue weighted by Crippen LogP contribution is -1.91. The molecule has 0 nitrogen and oxygen atoms in total. The summed E-state index contributed by atoms with van der Waals surface area (Å²) in [5.74, 6) is 0. The summed E-state index contributed by atoms with van der Waals surface area (Å²) >= 11 is 0. The maximum absolute atomic E-state index is 2.38. The van der Waals surface area contributed by atoms with Crippen LogP contribution in [0.5, 0.6) is 0 Å². The van der Waals surface area contributed by atoms with E-state index in [1.54, 1.807) is 0 Å². The van der Waals surface area contributed by atoms with E-state index in [1.165, 1.54) is 97.7 Å². The van der Waals surface area contributed by atoms with E-state index in [0.29, 0.717) is 0 Å². The number of hydrogen-bond donors (Lipinski definition) is 0. The van der Waals surface area contributed by atoms with E-state index in [1.807, 2.05) is 0 Å². The molecule has 0 amide bonds. The third-order valence-corrected chi connectivity index (χ3v) is 8.89. The van der Waals surface area contributed by atoms with Crippen LogP contribution in [0.15, 0.2) is 109 Å². The molecule has 0 unspecified atom stereocenters. The summed E-state index contributed by atoms with van der Waals surface area (Å²) in [5, 5.41) is 19.2. The molecule has 9 aromatic carbocycles. The van der Waals surface area contributed by atoms with Crippen molar-refractivity contribution in [2.45, 2.75) is 0 Å². The molecule has 0 bridgehead atoms. The Morgan fingerprint density at radius 2 is 0.611 bits per heavy atom. The average molecular weight is 451 g/mol. The van der Waals surface area contributed by atoms with Gasteiger partial charge in [0, 0.05) is 0 Å². The van der Waals surface area contributed by atoms with Gasteiger partial charge in [0.05, 0.1) is 0 Å². The Labute approximate surface area is 206 Å². The van der Waals surface area contributed by atoms with Gasteiger partial charge in [-0.15, -0.1) is 0 Å². The first kappa shape index (κ1) is 17.7. The van der Waals surface area contributed by atoms with Crippen LogP contribution in [0.2, 0.25) is 0 Å². The van der Waals surface area contributed by atoms with Crippen molar-refractivity contribution in [2.75, 3.05) is 0 Å². The minimum absolute atomic E-state index is 1.32. The molecule has 0 aromatic heterocycles. The summed E-state index contributed by atoms with van der Waals surface area (Å²) in [5.41, 5.74) is 5.46. The summed E-state index contributed by atoms with van der Waals surface area (Å²) in [6.07, 6.45) is 0. The van der Waals surface area contributed by atoms with Gasteiger partial charge in [-0.2, -0.15) is 0 Å². The van der Waals surface area contributed by atoms with Crippen LogP contribution in [0, 0.1) is 0 Å². The highest BCUT2D eigenvalue weighted by Crippen LogP contribution is 2.53. The van der Waals surface area contributed by atoms with Crippen molar-refractivity contribution >= 4 is 75.4 Å². The Kier molecular flexibility index (Phi) is 2.83. The molecule has 0 radical (unpaired) electrons. The zero-order chi connectivity index (χ0) is 23.1. The van der Waals surface area contributed by atoms with Crippen molar-refractivity contribution in [3.63, 3.8) is 0 Å². The van der Waals surface area contributed by atoms with E-state index in [2.05, 4.69) is 109 Å². The molecular formula is C36H18. The minimum Gasteiger partial charge on any atom is -0.0616 e. The molecule has 0 spiro atoms. The van der Waals surface area contributed by atoms with Crippen molar-refractivity contribution in [3.8, 4) is 22.3 Å². The zero-order valence-corrected chi connectivity index (χ0v) is 19.4. The molecule has 0 atom stereocenters. The predicted molar refractivity (Wildman–Crippen MR) is 156 cm³/mol. The van der Waals surface area contributed by atoms with Crippen molar-refractivity contribution < 1.29 is 0 Å². The topological polar surface area (TPSA) is 0 Å². The molecule has 0 fully saturated rings. The molecule has 1 aliphatic rings. The largest absolute Gasteiger partial charge is 0.0616 e. The van der Waals surface area contributed by atoms with Crippen LogP contribution in [-0.2, 0) is 0 Å². The molecule has 162 valence electrons. The van der Waals surface area contributed by atoms with Crippen LogP contribution >= 0.6 is 0 Å². The standard InChI is InChI=1S/C36H18/c1-2-8-21-20(7-1)24-11-13-28-30-17-15-26-22-9-3-5-19-6-4-10-23(32(19)22)27-16-18-31(36(30)34(26)27)29-14-12-25(21)33(24)35(28)29/h1-18H. The highest BCUT2D eigenvalue weighted by molar-refractivity contribution is 6.43. The highest BCUT2D eigenvalue weighted by atomic mass is 14.3. The molecule has 0 aliphatic heterocycles. The van der Waals surface area contributed by atoms with E-state index in [4.69, 9.17) is 0 Å². The van der Waals surface area contributed by atoms with Gasteiger partial charge in [-0.25, -0.2) is 0 Å². The summed E-state index contributed by atoms with van der Waals surface area (Å²) < 4.78 is 0. The van der Waals surface area contributed by atoms with E-state index in [0.717, 1.165) is 0 Å². The molecule has 0 N–H and O–H groups in total. The maximum atomic E-state index is 2.38. The van der Waals surface area contributed by atoms with Crippen LogP contribution < -0.4 is 0 Å². The van der Waals surface area contributed by atoms with Gasteiger partial charge in [-0.1, -0.05) is 109 Å². The molecule has 1 aliphatic carbocycles. The Balaban J connectivity index is 1.51. The zero-order valence-electron chi connectivity index (χ0n) is 19.4.